The summed E-state index contributed by atoms with van der Waals surface area (Å²) < 4.78 is 0. The van der Waals surface area contributed by atoms with Crippen molar-refractivity contribution in [1.82, 2.24) is 0 Å². The fourth-order valence-electron chi connectivity index (χ4n) is 2.76. The number of rotatable bonds is 2. The molecule has 78 valence electrons. The second-order valence-electron chi connectivity index (χ2n) is 4.61. The van der Waals surface area contributed by atoms with E-state index in [1.807, 2.05) is 19.1 Å². The predicted octanol–water partition coefficient (Wildman–Crippen LogP) is 3.20. The van der Waals surface area contributed by atoms with Gasteiger partial charge in [-0.1, -0.05) is 23.8 Å². The van der Waals surface area contributed by atoms with Gasteiger partial charge in [0.05, 0.1) is 5.60 Å². The van der Waals surface area contributed by atoms with Crippen LogP contribution in [0, 0.1) is 5.92 Å². The molecule has 0 spiro atoms. The quantitative estimate of drug-likeness (QED) is 0.666. The molecule has 2 rings (SSSR count). The van der Waals surface area contributed by atoms with E-state index in [9.17, 15) is 5.11 Å². The highest BCUT2D eigenvalue weighted by molar-refractivity contribution is 5.24. The van der Waals surface area contributed by atoms with E-state index in [1.54, 1.807) is 0 Å². The highest BCUT2D eigenvalue weighted by atomic mass is 16.3. The van der Waals surface area contributed by atoms with E-state index in [4.69, 9.17) is 0 Å². The fourth-order valence-corrected chi connectivity index (χ4v) is 2.76. The first kappa shape index (κ1) is 9.97. The smallest absolute Gasteiger partial charge is 0.0892 e. The maximum absolute atomic E-state index is 10.3. The normalized spacial score (nSPS) is 38.1. The topological polar surface area (TPSA) is 20.2 Å². The minimum absolute atomic E-state index is 0.430. The number of aliphatic hydroxyl groups is 1. The minimum atomic E-state index is -0.502. The molecular formula is C13H20O. The lowest BCUT2D eigenvalue weighted by Gasteiger charge is -2.45. The Balaban J connectivity index is 2.08. The third kappa shape index (κ3) is 1.66. The Labute approximate surface area is 86.5 Å². The molecule has 0 unspecified atom stereocenters. The van der Waals surface area contributed by atoms with Gasteiger partial charge in [-0.3, -0.25) is 0 Å². The van der Waals surface area contributed by atoms with Gasteiger partial charge in [-0.2, -0.15) is 0 Å². The van der Waals surface area contributed by atoms with Gasteiger partial charge in [0.1, 0.15) is 0 Å². The van der Waals surface area contributed by atoms with E-state index in [2.05, 4.69) is 6.08 Å². The Morgan fingerprint density at radius 1 is 1.50 bits per heavy atom. The van der Waals surface area contributed by atoms with Crippen molar-refractivity contribution >= 4 is 0 Å². The van der Waals surface area contributed by atoms with E-state index in [-0.39, 0.29) is 0 Å². The van der Waals surface area contributed by atoms with Crippen molar-refractivity contribution in [3.05, 3.63) is 23.8 Å². The summed E-state index contributed by atoms with van der Waals surface area (Å²) in [6.45, 7) is 1.99. The van der Waals surface area contributed by atoms with Crippen LogP contribution in [0.3, 0.4) is 0 Å². The molecule has 0 heterocycles. The largest absolute Gasteiger partial charge is 0.385 e. The molecule has 0 aliphatic heterocycles. The van der Waals surface area contributed by atoms with Crippen molar-refractivity contribution in [2.75, 3.05) is 0 Å². The zero-order chi connectivity index (χ0) is 10.0. The zero-order valence-electron chi connectivity index (χ0n) is 9.00. The summed E-state index contributed by atoms with van der Waals surface area (Å²) in [7, 11) is 0. The average molecular weight is 192 g/mol. The average Bonchev–Trinajstić information content (AvgIpc) is 2.18. The van der Waals surface area contributed by atoms with Crippen LogP contribution in [0.25, 0.3) is 0 Å². The van der Waals surface area contributed by atoms with Gasteiger partial charge >= 0.3 is 0 Å². The molecular weight excluding hydrogens is 172 g/mol. The van der Waals surface area contributed by atoms with Crippen LogP contribution in [-0.4, -0.2) is 10.7 Å². The molecule has 0 aromatic rings. The van der Waals surface area contributed by atoms with Crippen LogP contribution >= 0.6 is 0 Å². The molecule has 0 amide bonds. The van der Waals surface area contributed by atoms with Crippen LogP contribution < -0.4 is 0 Å². The summed E-state index contributed by atoms with van der Waals surface area (Å²) in [6.07, 6.45) is 13.5. The van der Waals surface area contributed by atoms with Crippen molar-refractivity contribution in [2.24, 2.45) is 5.92 Å². The predicted molar refractivity (Wildman–Crippen MR) is 59.0 cm³/mol. The van der Waals surface area contributed by atoms with Gasteiger partial charge in [-0.25, -0.2) is 0 Å². The second-order valence-corrected chi connectivity index (χ2v) is 4.61. The summed E-state index contributed by atoms with van der Waals surface area (Å²) in [5.41, 5.74) is 1.01. The molecule has 0 aromatic carbocycles. The lowest BCUT2D eigenvalue weighted by molar-refractivity contribution is -0.0356. The molecule has 1 N–H and O–H groups in total. The molecule has 2 aliphatic carbocycles. The molecule has 2 atom stereocenters. The molecule has 1 heteroatoms. The van der Waals surface area contributed by atoms with Gasteiger partial charge < -0.3 is 5.11 Å². The Morgan fingerprint density at radius 3 is 2.86 bits per heavy atom. The summed E-state index contributed by atoms with van der Waals surface area (Å²) in [4.78, 5) is 0. The second kappa shape index (κ2) is 3.90. The Kier molecular flexibility index (Phi) is 2.78. The SMILES string of the molecule is C/C=C/[C@@]1(O)CC[C@H]1C1=CCCCC1. The lowest BCUT2D eigenvalue weighted by atomic mass is 9.64. The van der Waals surface area contributed by atoms with Gasteiger partial charge in [0.2, 0.25) is 0 Å². The van der Waals surface area contributed by atoms with Gasteiger partial charge in [0, 0.05) is 5.92 Å². The highest BCUT2D eigenvalue weighted by Crippen LogP contribution is 2.46. The first-order chi connectivity index (χ1) is 6.76. The van der Waals surface area contributed by atoms with E-state index >= 15 is 0 Å². The molecule has 14 heavy (non-hydrogen) atoms. The summed E-state index contributed by atoms with van der Waals surface area (Å²) in [6, 6.07) is 0. The molecule has 0 radical (unpaired) electrons. The van der Waals surface area contributed by atoms with E-state index in [1.165, 1.54) is 37.7 Å². The molecule has 1 saturated carbocycles. The van der Waals surface area contributed by atoms with Crippen LogP contribution in [-0.2, 0) is 0 Å². The Bertz CT molecular complexity index is 264. The Hall–Kier alpha value is -0.560. The van der Waals surface area contributed by atoms with Crippen molar-refractivity contribution in [3.8, 4) is 0 Å². The molecule has 1 nitrogen and oxygen atoms in total. The van der Waals surface area contributed by atoms with Crippen molar-refractivity contribution < 1.29 is 5.11 Å². The van der Waals surface area contributed by atoms with E-state index in [0.717, 1.165) is 6.42 Å². The van der Waals surface area contributed by atoms with Crippen molar-refractivity contribution in [1.29, 1.82) is 0 Å². The third-order valence-corrected chi connectivity index (χ3v) is 3.67. The van der Waals surface area contributed by atoms with Gasteiger partial charge in [0.15, 0.2) is 0 Å². The van der Waals surface area contributed by atoms with Crippen LogP contribution in [0.2, 0.25) is 0 Å². The summed E-state index contributed by atoms with van der Waals surface area (Å²) in [5.74, 6) is 0.430. The maximum Gasteiger partial charge on any atom is 0.0892 e. The maximum atomic E-state index is 10.3. The standard InChI is InChI=1S/C13H20O/c1-2-9-13(14)10-8-12(13)11-6-4-3-5-7-11/h2,6,9,12,14H,3-5,7-8,10H2,1H3/b9-2+/t12-,13+/m0/s1. The number of hydrogen-bond donors (Lipinski definition) is 1. The summed E-state index contributed by atoms with van der Waals surface area (Å²) in [5, 5.41) is 10.3. The van der Waals surface area contributed by atoms with Crippen LogP contribution in [0.15, 0.2) is 23.8 Å². The van der Waals surface area contributed by atoms with Crippen molar-refractivity contribution in [2.45, 2.75) is 51.0 Å². The molecule has 0 aromatic heterocycles. The first-order valence-corrected chi connectivity index (χ1v) is 5.81. The first-order valence-electron chi connectivity index (χ1n) is 5.81. The van der Waals surface area contributed by atoms with Gasteiger partial charge in [-0.05, 0) is 45.4 Å². The van der Waals surface area contributed by atoms with Gasteiger partial charge in [0.25, 0.3) is 0 Å². The molecule has 2 aliphatic rings. The number of allylic oxidation sites excluding steroid dienone is 2. The lowest BCUT2D eigenvalue weighted by Crippen LogP contribution is -2.46. The third-order valence-electron chi connectivity index (χ3n) is 3.67. The van der Waals surface area contributed by atoms with Crippen LogP contribution in [0.4, 0.5) is 0 Å². The van der Waals surface area contributed by atoms with E-state index < -0.39 is 5.60 Å². The number of hydrogen-bond acceptors (Lipinski definition) is 1. The highest BCUT2D eigenvalue weighted by Gasteiger charge is 2.44. The van der Waals surface area contributed by atoms with Crippen LogP contribution in [0.1, 0.15) is 45.4 Å². The minimum Gasteiger partial charge on any atom is -0.385 e. The van der Waals surface area contributed by atoms with Crippen LogP contribution in [0.5, 0.6) is 0 Å². The van der Waals surface area contributed by atoms with Gasteiger partial charge in [-0.15, -0.1) is 0 Å². The van der Waals surface area contributed by atoms with Crippen molar-refractivity contribution in [3.63, 3.8) is 0 Å². The monoisotopic (exact) mass is 192 g/mol. The molecule has 1 fully saturated rings. The van der Waals surface area contributed by atoms with E-state index in [0.29, 0.717) is 5.92 Å². The molecule has 0 bridgehead atoms. The Morgan fingerprint density at radius 2 is 2.36 bits per heavy atom. The zero-order valence-corrected chi connectivity index (χ0v) is 9.00. The molecule has 0 saturated heterocycles. The fraction of sp³-hybridized carbons (Fsp3) is 0.692. The summed E-state index contributed by atoms with van der Waals surface area (Å²) >= 11 is 0.